The van der Waals surface area contributed by atoms with E-state index in [2.05, 4.69) is 10.3 Å². The molecule has 20 heavy (non-hydrogen) atoms. The first kappa shape index (κ1) is 14.0. The Bertz CT molecular complexity index is 623. The second-order valence-corrected chi connectivity index (χ2v) is 4.51. The van der Waals surface area contributed by atoms with Gasteiger partial charge in [-0.05, 0) is 25.1 Å². The van der Waals surface area contributed by atoms with E-state index < -0.39 is 11.9 Å². The van der Waals surface area contributed by atoms with Gasteiger partial charge in [0.1, 0.15) is 17.7 Å². The van der Waals surface area contributed by atoms with E-state index in [1.807, 2.05) is 11.5 Å². The molecule has 0 aliphatic rings. The average Bonchev–Trinajstić information content (AvgIpc) is 2.90. The van der Waals surface area contributed by atoms with Gasteiger partial charge >= 0.3 is 0 Å². The summed E-state index contributed by atoms with van der Waals surface area (Å²) in [5.74, 6) is 0.133. The molecule has 2 aromatic rings. The lowest BCUT2D eigenvalue weighted by Crippen LogP contribution is -2.24. The van der Waals surface area contributed by atoms with Gasteiger partial charge in [0.05, 0.1) is 5.69 Å². The molecule has 0 bridgehead atoms. The van der Waals surface area contributed by atoms with E-state index in [9.17, 15) is 9.18 Å². The van der Waals surface area contributed by atoms with Gasteiger partial charge in [-0.15, -0.1) is 0 Å². The van der Waals surface area contributed by atoms with Crippen molar-refractivity contribution in [2.24, 2.45) is 0 Å². The smallest absolute Gasteiger partial charge is 0.247 e. The van der Waals surface area contributed by atoms with Crippen LogP contribution < -0.4 is 11.1 Å². The van der Waals surface area contributed by atoms with Gasteiger partial charge < -0.3 is 15.6 Å². The molecule has 0 aliphatic carbocycles. The number of amides is 1. The van der Waals surface area contributed by atoms with Crippen molar-refractivity contribution in [1.82, 2.24) is 9.55 Å². The summed E-state index contributed by atoms with van der Waals surface area (Å²) < 4.78 is 14.9. The first-order chi connectivity index (χ1) is 9.52. The van der Waals surface area contributed by atoms with E-state index in [4.69, 9.17) is 5.73 Å². The summed E-state index contributed by atoms with van der Waals surface area (Å²) in [5.41, 5.74) is 5.95. The van der Waals surface area contributed by atoms with Crippen molar-refractivity contribution < 1.29 is 9.18 Å². The second-order valence-electron chi connectivity index (χ2n) is 4.51. The number of aromatic nitrogens is 2. The van der Waals surface area contributed by atoms with Crippen LogP contribution in [-0.4, -0.2) is 15.5 Å². The van der Waals surface area contributed by atoms with Crippen LogP contribution in [0.3, 0.4) is 0 Å². The second kappa shape index (κ2) is 5.73. The fraction of sp³-hybridized carbons (Fsp3) is 0.286. The monoisotopic (exact) mass is 276 g/mol. The third-order valence-electron chi connectivity index (χ3n) is 3.13. The molecule has 1 atom stereocenters. The minimum absolute atomic E-state index is 0.00679. The van der Waals surface area contributed by atoms with Gasteiger partial charge in [-0.1, -0.05) is 6.92 Å². The van der Waals surface area contributed by atoms with Gasteiger partial charge in [-0.25, -0.2) is 9.37 Å². The molecule has 1 aromatic heterocycles. The van der Waals surface area contributed by atoms with Crippen molar-refractivity contribution in [3.05, 3.63) is 42.2 Å². The number of benzene rings is 1. The number of aryl methyl sites for hydroxylation is 1. The largest absolute Gasteiger partial charge is 0.396 e. The zero-order valence-corrected chi connectivity index (χ0v) is 11.4. The summed E-state index contributed by atoms with van der Waals surface area (Å²) in [6.07, 6.45) is 4.18. The molecule has 106 valence electrons. The van der Waals surface area contributed by atoms with E-state index in [0.29, 0.717) is 5.69 Å². The predicted octanol–water partition coefficient (Wildman–Crippen LogP) is 2.37. The Labute approximate surface area is 116 Å². The van der Waals surface area contributed by atoms with Crippen LogP contribution in [0.15, 0.2) is 30.6 Å². The van der Waals surface area contributed by atoms with E-state index in [0.717, 1.165) is 12.2 Å². The number of nitrogen functional groups attached to an aromatic ring is 1. The summed E-state index contributed by atoms with van der Waals surface area (Å²) in [6.45, 7) is 3.76. The molecule has 0 spiro atoms. The first-order valence-corrected chi connectivity index (χ1v) is 6.40. The minimum atomic E-state index is -0.501. The molecular weight excluding hydrogens is 259 g/mol. The number of nitrogens with two attached hydrogens (primary N) is 1. The number of rotatable bonds is 4. The van der Waals surface area contributed by atoms with Gasteiger partial charge in [-0.3, -0.25) is 4.79 Å². The van der Waals surface area contributed by atoms with Crippen LogP contribution in [0.4, 0.5) is 15.8 Å². The molecule has 1 aromatic carbocycles. The summed E-state index contributed by atoms with van der Waals surface area (Å²) in [7, 11) is 0. The number of carbonyl (C=O) groups excluding carboxylic acids is 1. The number of nitrogens with zero attached hydrogens (tertiary/aromatic N) is 2. The van der Waals surface area contributed by atoms with Crippen molar-refractivity contribution in [1.29, 1.82) is 0 Å². The van der Waals surface area contributed by atoms with Crippen molar-refractivity contribution in [3.8, 4) is 0 Å². The van der Waals surface area contributed by atoms with Crippen LogP contribution in [-0.2, 0) is 11.2 Å². The number of hydrogen-bond acceptors (Lipinski definition) is 3. The van der Waals surface area contributed by atoms with Crippen LogP contribution in [0.5, 0.6) is 0 Å². The molecule has 0 radical (unpaired) electrons. The molecule has 3 N–H and O–H groups in total. The van der Waals surface area contributed by atoms with E-state index in [-0.39, 0.29) is 11.6 Å². The average molecular weight is 276 g/mol. The Balaban J connectivity index is 2.13. The van der Waals surface area contributed by atoms with Crippen molar-refractivity contribution in [3.63, 3.8) is 0 Å². The number of halogens is 1. The molecule has 2 rings (SSSR count). The summed E-state index contributed by atoms with van der Waals surface area (Å²) in [4.78, 5) is 16.4. The van der Waals surface area contributed by atoms with Gasteiger partial charge in [0, 0.05) is 24.5 Å². The zero-order valence-electron chi connectivity index (χ0n) is 11.4. The third-order valence-corrected chi connectivity index (χ3v) is 3.13. The van der Waals surface area contributed by atoms with E-state index >= 15 is 0 Å². The summed E-state index contributed by atoms with van der Waals surface area (Å²) >= 11 is 0. The van der Waals surface area contributed by atoms with E-state index in [1.165, 1.54) is 18.2 Å². The quantitative estimate of drug-likeness (QED) is 0.842. The number of anilines is 2. The lowest BCUT2D eigenvalue weighted by molar-refractivity contribution is -0.118. The highest BCUT2D eigenvalue weighted by atomic mass is 19.1. The van der Waals surface area contributed by atoms with Crippen molar-refractivity contribution >= 4 is 17.3 Å². The number of imidazole rings is 1. The SMILES string of the molecule is CCc1nccn1C(C)C(=O)Nc1ccc(F)c(N)c1. The molecule has 0 fully saturated rings. The Hall–Kier alpha value is -2.37. The molecule has 0 saturated carbocycles. The van der Waals surface area contributed by atoms with Crippen LogP contribution in [0.25, 0.3) is 0 Å². The van der Waals surface area contributed by atoms with Gasteiger partial charge in [0.2, 0.25) is 5.91 Å². The molecule has 1 amide bonds. The number of carbonyl (C=O) groups is 1. The molecule has 0 aliphatic heterocycles. The van der Waals surface area contributed by atoms with E-state index in [1.54, 1.807) is 19.3 Å². The lowest BCUT2D eigenvalue weighted by Gasteiger charge is -2.16. The fourth-order valence-corrected chi connectivity index (χ4v) is 1.96. The summed E-state index contributed by atoms with van der Waals surface area (Å²) in [5, 5.41) is 2.72. The Morgan fingerprint density at radius 2 is 2.30 bits per heavy atom. The molecule has 0 saturated heterocycles. The van der Waals surface area contributed by atoms with Gasteiger partial charge in [0.25, 0.3) is 0 Å². The predicted molar refractivity (Wildman–Crippen MR) is 75.8 cm³/mol. The summed E-state index contributed by atoms with van der Waals surface area (Å²) in [6, 6.07) is 3.70. The number of nitrogens with one attached hydrogen (secondary N) is 1. The normalized spacial score (nSPS) is 12.2. The maximum Gasteiger partial charge on any atom is 0.247 e. The molecular formula is C14H17FN4O. The van der Waals surface area contributed by atoms with Crippen LogP contribution >= 0.6 is 0 Å². The topological polar surface area (TPSA) is 72.9 Å². The molecule has 5 nitrogen and oxygen atoms in total. The highest BCUT2D eigenvalue weighted by molar-refractivity contribution is 5.93. The zero-order chi connectivity index (χ0) is 14.7. The number of hydrogen-bond donors (Lipinski definition) is 2. The van der Waals surface area contributed by atoms with Crippen molar-refractivity contribution in [2.75, 3.05) is 11.1 Å². The minimum Gasteiger partial charge on any atom is -0.396 e. The maximum absolute atomic E-state index is 13.1. The Morgan fingerprint density at radius 3 is 2.95 bits per heavy atom. The first-order valence-electron chi connectivity index (χ1n) is 6.40. The van der Waals surface area contributed by atoms with Gasteiger partial charge in [-0.2, -0.15) is 0 Å². The van der Waals surface area contributed by atoms with Gasteiger partial charge in [0.15, 0.2) is 0 Å². The standard InChI is InChI=1S/C14H17FN4O/c1-3-13-17-6-7-19(13)9(2)14(20)18-10-4-5-11(15)12(16)8-10/h4-9H,3,16H2,1-2H3,(H,18,20). The fourth-order valence-electron chi connectivity index (χ4n) is 1.96. The highest BCUT2D eigenvalue weighted by Crippen LogP contribution is 2.18. The molecule has 6 heteroatoms. The molecule has 1 unspecified atom stereocenters. The third kappa shape index (κ3) is 2.79. The van der Waals surface area contributed by atoms with Crippen LogP contribution in [0.1, 0.15) is 25.7 Å². The van der Waals surface area contributed by atoms with Crippen LogP contribution in [0, 0.1) is 5.82 Å². The maximum atomic E-state index is 13.1. The lowest BCUT2D eigenvalue weighted by atomic mass is 10.2. The Kier molecular flexibility index (Phi) is 4.02. The molecule has 1 heterocycles. The van der Waals surface area contributed by atoms with Crippen LogP contribution in [0.2, 0.25) is 0 Å². The Morgan fingerprint density at radius 1 is 1.55 bits per heavy atom. The van der Waals surface area contributed by atoms with Crippen molar-refractivity contribution in [2.45, 2.75) is 26.3 Å². The highest BCUT2D eigenvalue weighted by Gasteiger charge is 2.17.